The van der Waals surface area contributed by atoms with E-state index in [1.807, 2.05) is 36.4 Å². The van der Waals surface area contributed by atoms with Gasteiger partial charge >= 0.3 is 6.03 Å². The largest absolute Gasteiger partial charge is 0.352 e. The van der Waals surface area contributed by atoms with Crippen molar-refractivity contribution in [3.63, 3.8) is 0 Å². The summed E-state index contributed by atoms with van der Waals surface area (Å²) >= 11 is 0. The molecule has 3 N–H and O–H groups in total. The third-order valence-electron chi connectivity index (χ3n) is 5.29. The number of carbonyl (C=O) groups excluding carboxylic acids is 4. The van der Waals surface area contributed by atoms with Crippen molar-refractivity contribution >= 4 is 34.5 Å². The Kier molecular flexibility index (Phi) is 4.70. The van der Waals surface area contributed by atoms with Crippen LogP contribution in [0.3, 0.4) is 0 Å². The second kappa shape index (κ2) is 7.20. The Labute approximate surface area is 167 Å². The molecule has 2 aliphatic rings. The van der Waals surface area contributed by atoms with E-state index >= 15 is 0 Å². The molecule has 8 nitrogen and oxygen atoms in total. The lowest BCUT2D eigenvalue weighted by Crippen LogP contribution is -2.45. The zero-order valence-electron chi connectivity index (χ0n) is 16.0. The Hall–Kier alpha value is -3.42. The maximum atomic E-state index is 13.0. The molecule has 0 radical (unpaired) electrons. The van der Waals surface area contributed by atoms with Gasteiger partial charge < -0.3 is 16.0 Å². The van der Waals surface area contributed by atoms with E-state index in [1.54, 1.807) is 13.0 Å². The molecule has 29 heavy (non-hydrogen) atoms. The van der Waals surface area contributed by atoms with Crippen LogP contribution in [0.15, 0.2) is 42.5 Å². The highest BCUT2D eigenvalue weighted by atomic mass is 16.2. The van der Waals surface area contributed by atoms with Gasteiger partial charge in [-0.15, -0.1) is 0 Å². The second-order valence-electron chi connectivity index (χ2n) is 7.63. The van der Waals surface area contributed by atoms with E-state index in [0.29, 0.717) is 5.56 Å². The average Bonchev–Trinajstić information content (AvgIpc) is 3.49. The first-order chi connectivity index (χ1) is 13.9. The van der Waals surface area contributed by atoms with Crippen molar-refractivity contribution < 1.29 is 19.2 Å². The van der Waals surface area contributed by atoms with Gasteiger partial charge in [0.05, 0.1) is 6.54 Å². The molecule has 2 fully saturated rings. The summed E-state index contributed by atoms with van der Waals surface area (Å²) in [6.45, 7) is 1.00. The van der Waals surface area contributed by atoms with Gasteiger partial charge in [0.1, 0.15) is 12.1 Å². The zero-order valence-corrected chi connectivity index (χ0v) is 16.0. The summed E-state index contributed by atoms with van der Waals surface area (Å²) in [5.74, 6) is -1.35. The van der Waals surface area contributed by atoms with E-state index in [2.05, 4.69) is 16.0 Å². The maximum Gasteiger partial charge on any atom is 0.325 e. The van der Waals surface area contributed by atoms with Crippen LogP contribution in [0.5, 0.6) is 0 Å². The first-order valence-electron chi connectivity index (χ1n) is 9.56. The third-order valence-corrected chi connectivity index (χ3v) is 5.29. The molecule has 0 bridgehead atoms. The highest BCUT2D eigenvalue weighted by Gasteiger charge is 2.49. The van der Waals surface area contributed by atoms with Crippen LogP contribution in [-0.2, 0) is 19.9 Å². The van der Waals surface area contributed by atoms with Crippen molar-refractivity contribution in [2.24, 2.45) is 0 Å². The number of benzene rings is 2. The van der Waals surface area contributed by atoms with Crippen LogP contribution in [0.4, 0.5) is 4.79 Å². The standard InChI is InChI=1S/C21H22N4O4/c1-21(15-7-6-13-4-2-3-5-14(13)10-15)19(28)25(20(29)24-21)12-18(27)22-11-17(26)23-16-8-9-16/h2-7,10,16H,8-9,11-12H2,1H3,(H,22,27)(H,23,26)(H,24,29)/t21-/m1/s1. The number of amides is 5. The molecule has 4 rings (SSSR count). The number of nitrogens with zero attached hydrogens (tertiary/aromatic N) is 1. The molecule has 150 valence electrons. The first-order valence-corrected chi connectivity index (χ1v) is 9.56. The van der Waals surface area contributed by atoms with E-state index < -0.39 is 29.9 Å². The van der Waals surface area contributed by atoms with Crippen molar-refractivity contribution in [2.45, 2.75) is 31.3 Å². The normalized spacial score (nSPS) is 21.2. The van der Waals surface area contributed by atoms with Crippen LogP contribution in [-0.4, -0.2) is 47.8 Å². The molecule has 0 aromatic heterocycles. The third kappa shape index (κ3) is 3.78. The van der Waals surface area contributed by atoms with E-state index in [0.717, 1.165) is 28.5 Å². The van der Waals surface area contributed by atoms with Crippen molar-refractivity contribution in [2.75, 3.05) is 13.1 Å². The minimum Gasteiger partial charge on any atom is -0.352 e. The highest BCUT2D eigenvalue weighted by Crippen LogP contribution is 2.30. The molecular formula is C21H22N4O4. The Bertz CT molecular complexity index is 1020. The molecule has 1 aliphatic carbocycles. The Morgan fingerprint density at radius 2 is 1.83 bits per heavy atom. The number of hydrogen-bond donors (Lipinski definition) is 3. The summed E-state index contributed by atoms with van der Waals surface area (Å²) in [7, 11) is 0. The number of urea groups is 1. The van der Waals surface area contributed by atoms with Gasteiger partial charge in [0.15, 0.2) is 0 Å². The second-order valence-corrected chi connectivity index (χ2v) is 7.63. The molecule has 1 heterocycles. The molecule has 2 aromatic rings. The minimum absolute atomic E-state index is 0.180. The van der Waals surface area contributed by atoms with Crippen LogP contribution in [0.25, 0.3) is 10.8 Å². The fourth-order valence-electron chi connectivity index (χ4n) is 3.42. The Morgan fingerprint density at radius 3 is 2.55 bits per heavy atom. The van der Waals surface area contributed by atoms with Gasteiger partial charge in [-0.25, -0.2) is 4.79 Å². The maximum absolute atomic E-state index is 13.0. The summed E-state index contributed by atoms with van der Waals surface area (Å²) < 4.78 is 0. The molecule has 0 spiro atoms. The summed E-state index contributed by atoms with van der Waals surface area (Å²) in [5, 5.41) is 9.88. The first kappa shape index (κ1) is 18.9. The van der Waals surface area contributed by atoms with Crippen LogP contribution >= 0.6 is 0 Å². The molecule has 2 aromatic carbocycles. The Morgan fingerprint density at radius 1 is 1.10 bits per heavy atom. The summed E-state index contributed by atoms with van der Waals surface area (Å²) in [4.78, 5) is 50.1. The topological polar surface area (TPSA) is 108 Å². The summed E-state index contributed by atoms with van der Waals surface area (Å²) in [6, 6.07) is 12.8. The quantitative estimate of drug-likeness (QED) is 0.636. The fourth-order valence-corrected chi connectivity index (χ4v) is 3.42. The van der Waals surface area contributed by atoms with E-state index in [9.17, 15) is 19.2 Å². The number of imide groups is 1. The van der Waals surface area contributed by atoms with Crippen molar-refractivity contribution in [1.29, 1.82) is 0 Å². The van der Waals surface area contributed by atoms with Gasteiger partial charge in [0.2, 0.25) is 11.8 Å². The molecular weight excluding hydrogens is 372 g/mol. The molecule has 1 aliphatic heterocycles. The van der Waals surface area contributed by atoms with E-state index in [1.165, 1.54) is 0 Å². The van der Waals surface area contributed by atoms with Gasteiger partial charge in [0, 0.05) is 6.04 Å². The lowest BCUT2D eigenvalue weighted by Gasteiger charge is -2.22. The number of fused-ring (bicyclic) bond motifs is 1. The predicted octanol–water partition coefficient (Wildman–Crippen LogP) is 1.00. The molecule has 8 heteroatoms. The van der Waals surface area contributed by atoms with Crippen molar-refractivity contribution in [3.8, 4) is 0 Å². The SMILES string of the molecule is C[C@]1(c2ccc3ccccc3c2)NC(=O)N(CC(=O)NCC(=O)NC2CC2)C1=O. The molecule has 1 saturated carbocycles. The predicted molar refractivity (Wildman–Crippen MR) is 106 cm³/mol. The van der Waals surface area contributed by atoms with Gasteiger partial charge in [-0.05, 0) is 42.2 Å². The van der Waals surface area contributed by atoms with Gasteiger partial charge in [-0.2, -0.15) is 0 Å². The van der Waals surface area contributed by atoms with Gasteiger partial charge in [-0.1, -0.05) is 36.4 Å². The van der Waals surface area contributed by atoms with Gasteiger partial charge in [-0.3, -0.25) is 19.3 Å². The lowest BCUT2D eigenvalue weighted by atomic mass is 9.90. The van der Waals surface area contributed by atoms with Crippen molar-refractivity contribution in [1.82, 2.24) is 20.9 Å². The minimum atomic E-state index is -1.26. The van der Waals surface area contributed by atoms with Crippen LogP contribution in [0.2, 0.25) is 0 Å². The number of nitrogens with one attached hydrogen (secondary N) is 3. The molecule has 1 atom stereocenters. The number of carbonyl (C=O) groups is 4. The van der Waals surface area contributed by atoms with Crippen LogP contribution < -0.4 is 16.0 Å². The summed E-state index contributed by atoms with van der Waals surface area (Å²) in [6.07, 6.45) is 1.91. The van der Waals surface area contributed by atoms with Crippen LogP contribution in [0, 0.1) is 0 Å². The smallest absolute Gasteiger partial charge is 0.325 e. The molecule has 5 amide bonds. The molecule has 1 saturated heterocycles. The average molecular weight is 394 g/mol. The fraction of sp³-hybridized carbons (Fsp3) is 0.333. The van der Waals surface area contributed by atoms with Gasteiger partial charge in [0.25, 0.3) is 5.91 Å². The van der Waals surface area contributed by atoms with E-state index in [4.69, 9.17) is 0 Å². The number of hydrogen-bond acceptors (Lipinski definition) is 4. The highest BCUT2D eigenvalue weighted by molar-refractivity contribution is 6.09. The lowest BCUT2D eigenvalue weighted by molar-refractivity contribution is -0.135. The number of rotatable bonds is 6. The van der Waals surface area contributed by atoms with E-state index in [-0.39, 0.29) is 18.5 Å². The van der Waals surface area contributed by atoms with Crippen LogP contribution in [0.1, 0.15) is 25.3 Å². The zero-order chi connectivity index (χ0) is 20.6. The summed E-state index contributed by atoms with van der Waals surface area (Å²) in [5.41, 5.74) is -0.619. The molecule has 0 unspecified atom stereocenters. The Balaban J connectivity index is 1.44. The monoisotopic (exact) mass is 394 g/mol. The van der Waals surface area contributed by atoms with Crippen molar-refractivity contribution in [3.05, 3.63) is 48.0 Å².